The highest BCUT2D eigenvalue weighted by Crippen LogP contribution is 2.21. The number of benzene rings is 2. The highest BCUT2D eigenvalue weighted by molar-refractivity contribution is 7.89. The first-order valence-corrected chi connectivity index (χ1v) is 7.54. The van der Waals surface area contributed by atoms with Crippen molar-refractivity contribution in [2.45, 2.75) is 11.4 Å². The van der Waals surface area contributed by atoms with Crippen LogP contribution in [-0.2, 0) is 16.6 Å². The highest BCUT2D eigenvalue weighted by Gasteiger charge is 2.20. The number of nitrogen functional groups attached to an aromatic ring is 1. The molecule has 0 radical (unpaired) electrons. The topological polar surface area (TPSA) is 72.2 Å². The van der Waals surface area contributed by atoms with Crippen molar-refractivity contribution in [1.82, 2.24) is 4.72 Å². The van der Waals surface area contributed by atoms with E-state index in [0.29, 0.717) is 11.3 Å². The lowest BCUT2D eigenvalue weighted by Gasteiger charge is -2.08. The minimum atomic E-state index is -3.97. The summed E-state index contributed by atoms with van der Waals surface area (Å²) in [5, 5.41) is -0.239. The summed E-state index contributed by atoms with van der Waals surface area (Å²) in [5.41, 5.74) is 6.80. The lowest BCUT2D eigenvalue weighted by molar-refractivity contribution is 0.557. The van der Waals surface area contributed by atoms with Gasteiger partial charge in [-0.25, -0.2) is 17.5 Å². The van der Waals surface area contributed by atoms with Crippen molar-refractivity contribution in [2.24, 2.45) is 0 Å². The van der Waals surface area contributed by atoms with E-state index < -0.39 is 20.7 Å². The number of hydrogen-bond acceptors (Lipinski definition) is 3. The zero-order valence-electron chi connectivity index (χ0n) is 10.3. The van der Waals surface area contributed by atoms with E-state index in [-0.39, 0.29) is 11.6 Å². The Bertz CT molecular complexity index is 735. The monoisotopic (exact) mass is 314 g/mol. The van der Waals surface area contributed by atoms with E-state index >= 15 is 0 Å². The van der Waals surface area contributed by atoms with Gasteiger partial charge in [0.05, 0.1) is 5.02 Å². The van der Waals surface area contributed by atoms with Gasteiger partial charge in [-0.3, -0.25) is 0 Å². The van der Waals surface area contributed by atoms with Crippen molar-refractivity contribution in [3.63, 3.8) is 0 Å². The molecule has 2 aromatic rings. The standard InChI is InChI=1S/C13H12ClFN2O2S/c14-11-5-2-6-12(13(11)15)20(18,19)17-8-9-3-1-4-10(16)7-9/h1-7,17H,8,16H2. The number of nitrogens with two attached hydrogens (primary N) is 1. The molecule has 2 rings (SSSR count). The maximum atomic E-state index is 13.7. The van der Waals surface area contributed by atoms with Gasteiger partial charge in [-0.2, -0.15) is 0 Å². The molecule has 0 saturated carbocycles. The van der Waals surface area contributed by atoms with E-state index in [2.05, 4.69) is 4.72 Å². The first-order chi connectivity index (χ1) is 9.40. The van der Waals surface area contributed by atoms with Crippen LogP contribution in [0.5, 0.6) is 0 Å². The van der Waals surface area contributed by atoms with Crippen molar-refractivity contribution in [2.75, 3.05) is 5.73 Å². The van der Waals surface area contributed by atoms with E-state index in [1.165, 1.54) is 12.1 Å². The summed E-state index contributed by atoms with van der Waals surface area (Å²) in [4.78, 5) is -0.478. The van der Waals surface area contributed by atoms with Crippen LogP contribution in [0.15, 0.2) is 47.4 Å². The number of hydrogen-bond donors (Lipinski definition) is 2. The summed E-state index contributed by atoms with van der Waals surface area (Å²) < 4.78 is 40.1. The fourth-order valence-electron chi connectivity index (χ4n) is 1.65. The summed E-state index contributed by atoms with van der Waals surface area (Å²) in [5.74, 6) is -0.964. The Hall–Kier alpha value is -1.63. The smallest absolute Gasteiger partial charge is 0.243 e. The Kier molecular flexibility index (Phi) is 4.27. The van der Waals surface area contributed by atoms with E-state index in [1.54, 1.807) is 24.3 Å². The molecule has 0 unspecified atom stereocenters. The summed E-state index contributed by atoms with van der Waals surface area (Å²) >= 11 is 5.57. The summed E-state index contributed by atoms with van der Waals surface area (Å²) in [6.07, 6.45) is 0. The lowest BCUT2D eigenvalue weighted by atomic mass is 10.2. The molecule has 7 heteroatoms. The van der Waals surface area contributed by atoms with Crippen LogP contribution in [0.4, 0.5) is 10.1 Å². The number of anilines is 1. The molecule has 0 saturated heterocycles. The van der Waals surface area contributed by atoms with Crippen LogP contribution >= 0.6 is 11.6 Å². The summed E-state index contributed by atoms with van der Waals surface area (Å²) in [6, 6.07) is 10.6. The van der Waals surface area contributed by atoms with Crippen molar-refractivity contribution in [3.8, 4) is 0 Å². The molecule has 0 spiro atoms. The SMILES string of the molecule is Nc1cccc(CNS(=O)(=O)c2cccc(Cl)c2F)c1. The molecule has 20 heavy (non-hydrogen) atoms. The molecular weight excluding hydrogens is 303 g/mol. The summed E-state index contributed by atoms with van der Waals surface area (Å²) in [7, 11) is -3.97. The van der Waals surface area contributed by atoms with Gasteiger partial charge in [-0.05, 0) is 29.8 Å². The molecule has 0 atom stereocenters. The number of rotatable bonds is 4. The van der Waals surface area contributed by atoms with Crippen LogP contribution in [-0.4, -0.2) is 8.42 Å². The van der Waals surface area contributed by atoms with Gasteiger partial charge in [0.25, 0.3) is 0 Å². The second-order valence-corrected chi connectivity index (χ2v) is 6.26. The number of sulfonamides is 1. The molecule has 0 fully saturated rings. The zero-order chi connectivity index (χ0) is 14.8. The zero-order valence-corrected chi connectivity index (χ0v) is 11.9. The Labute approximate surface area is 121 Å². The number of nitrogens with one attached hydrogen (secondary N) is 1. The molecule has 0 aliphatic carbocycles. The third kappa shape index (κ3) is 3.27. The molecule has 0 amide bonds. The second kappa shape index (κ2) is 5.78. The van der Waals surface area contributed by atoms with Crippen molar-refractivity contribution < 1.29 is 12.8 Å². The fourth-order valence-corrected chi connectivity index (χ4v) is 3.00. The molecule has 106 valence electrons. The Morgan fingerprint density at radius 3 is 2.60 bits per heavy atom. The fraction of sp³-hybridized carbons (Fsp3) is 0.0769. The van der Waals surface area contributed by atoms with E-state index in [4.69, 9.17) is 17.3 Å². The first kappa shape index (κ1) is 14.8. The Balaban J connectivity index is 2.22. The van der Waals surface area contributed by atoms with Gasteiger partial charge >= 0.3 is 0 Å². The molecule has 0 aliphatic rings. The first-order valence-electron chi connectivity index (χ1n) is 5.68. The van der Waals surface area contributed by atoms with Crippen LogP contribution in [0.3, 0.4) is 0 Å². The van der Waals surface area contributed by atoms with Crippen molar-refractivity contribution in [3.05, 3.63) is 58.9 Å². The quantitative estimate of drug-likeness (QED) is 0.852. The third-order valence-electron chi connectivity index (χ3n) is 2.62. The molecule has 3 N–H and O–H groups in total. The van der Waals surface area contributed by atoms with Gasteiger partial charge in [0, 0.05) is 12.2 Å². The number of halogens is 2. The maximum Gasteiger partial charge on any atom is 0.243 e. The molecule has 0 bridgehead atoms. The minimum absolute atomic E-state index is 0.0132. The highest BCUT2D eigenvalue weighted by atomic mass is 35.5. The molecule has 4 nitrogen and oxygen atoms in total. The molecule has 0 aromatic heterocycles. The van der Waals surface area contributed by atoms with Gasteiger partial charge in [-0.1, -0.05) is 29.8 Å². The van der Waals surface area contributed by atoms with E-state index in [1.807, 2.05) is 0 Å². The minimum Gasteiger partial charge on any atom is -0.399 e. The third-order valence-corrected chi connectivity index (χ3v) is 4.33. The average Bonchev–Trinajstić information content (AvgIpc) is 2.40. The lowest BCUT2D eigenvalue weighted by Crippen LogP contribution is -2.24. The van der Waals surface area contributed by atoms with Gasteiger partial charge in [0.15, 0.2) is 5.82 Å². The maximum absolute atomic E-state index is 13.7. The van der Waals surface area contributed by atoms with Crippen LogP contribution in [0.25, 0.3) is 0 Å². The van der Waals surface area contributed by atoms with Gasteiger partial charge < -0.3 is 5.73 Å². The molecule has 0 heterocycles. The van der Waals surface area contributed by atoms with Crippen molar-refractivity contribution in [1.29, 1.82) is 0 Å². The Morgan fingerprint density at radius 1 is 1.20 bits per heavy atom. The molecular formula is C13H12ClFN2O2S. The predicted octanol–water partition coefficient (Wildman–Crippen LogP) is 2.54. The average molecular weight is 315 g/mol. The normalized spacial score (nSPS) is 11.5. The summed E-state index contributed by atoms with van der Waals surface area (Å²) in [6.45, 7) is 0.0132. The van der Waals surface area contributed by atoms with Crippen LogP contribution in [0, 0.1) is 5.82 Å². The van der Waals surface area contributed by atoms with Crippen LogP contribution in [0.1, 0.15) is 5.56 Å². The van der Waals surface area contributed by atoms with Crippen LogP contribution < -0.4 is 10.5 Å². The second-order valence-electron chi connectivity index (χ2n) is 4.12. The van der Waals surface area contributed by atoms with E-state index in [9.17, 15) is 12.8 Å². The Morgan fingerprint density at radius 2 is 1.90 bits per heavy atom. The van der Waals surface area contributed by atoms with Crippen LogP contribution in [0.2, 0.25) is 5.02 Å². The van der Waals surface area contributed by atoms with Gasteiger partial charge in [0.2, 0.25) is 10.0 Å². The molecule has 2 aromatic carbocycles. The largest absolute Gasteiger partial charge is 0.399 e. The predicted molar refractivity (Wildman–Crippen MR) is 76.3 cm³/mol. The van der Waals surface area contributed by atoms with E-state index in [0.717, 1.165) is 6.07 Å². The van der Waals surface area contributed by atoms with Gasteiger partial charge in [0.1, 0.15) is 4.90 Å². The van der Waals surface area contributed by atoms with Gasteiger partial charge in [-0.15, -0.1) is 0 Å². The molecule has 0 aliphatic heterocycles. The van der Waals surface area contributed by atoms with Crippen molar-refractivity contribution >= 4 is 27.3 Å².